The fourth-order valence-electron chi connectivity index (χ4n) is 4.67. The van der Waals surface area contributed by atoms with Crippen molar-refractivity contribution in [2.24, 2.45) is 0 Å². The first-order chi connectivity index (χ1) is 16.0. The normalized spacial score (nSPS) is 14.0. The Kier molecular flexibility index (Phi) is 5.47. The molecule has 0 bridgehead atoms. The molecule has 33 heavy (non-hydrogen) atoms. The third-order valence-electron chi connectivity index (χ3n) is 6.66. The highest BCUT2D eigenvalue weighted by Gasteiger charge is 2.31. The fraction of sp³-hybridized carbons (Fsp3) is 0.214. The van der Waals surface area contributed by atoms with Crippen LogP contribution in [0.2, 0.25) is 0 Å². The molecule has 0 radical (unpaired) electrons. The number of nitrogens with zero attached hydrogens (tertiary/aromatic N) is 3. The Labute approximate surface area is 193 Å². The second-order valence-electron chi connectivity index (χ2n) is 8.60. The molecule has 0 aliphatic carbocycles. The van der Waals surface area contributed by atoms with Crippen LogP contribution >= 0.6 is 0 Å². The van der Waals surface area contributed by atoms with E-state index in [9.17, 15) is 9.59 Å². The molecule has 4 aromatic rings. The summed E-state index contributed by atoms with van der Waals surface area (Å²) in [5.74, 6) is -0.892. The number of carbonyl (C=O) groups is 2. The number of benzene rings is 2. The van der Waals surface area contributed by atoms with Crippen LogP contribution in [0.1, 0.15) is 21.6 Å². The van der Waals surface area contributed by atoms with Crippen molar-refractivity contribution >= 4 is 22.9 Å². The first-order valence-electron chi connectivity index (χ1n) is 11.3. The molecule has 1 fully saturated rings. The maximum absolute atomic E-state index is 13.5. The largest absolute Gasteiger partial charge is 0.368 e. The van der Waals surface area contributed by atoms with Crippen LogP contribution in [0.4, 0.5) is 5.69 Å². The average molecular weight is 438 g/mol. The second-order valence-corrected chi connectivity index (χ2v) is 8.60. The SMILES string of the molecule is Cc1cccc(N2CCN(C(=O)C(=O)c3c(-c4ccccc4)cc4ccccn34)CC2)c1C. The topological polar surface area (TPSA) is 45.0 Å². The zero-order chi connectivity index (χ0) is 22.9. The molecular weight excluding hydrogens is 410 g/mol. The molecule has 0 atom stereocenters. The van der Waals surface area contributed by atoms with Gasteiger partial charge < -0.3 is 14.2 Å². The Hall–Kier alpha value is -3.86. The molecule has 5 nitrogen and oxygen atoms in total. The number of amides is 1. The zero-order valence-corrected chi connectivity index (χ0v) is 19.0. The number of ketones is 1. The molecule has 5 rings (SSSR count). The van der Waals surface area contributed by atoms with Gasteiger partial charge in [-0.05, 0) is 54.8 Å². The first-order valence-corrected chi connectivity index (χ1v) is 11.3. The van der Waals surface area contributed by atoms with Crippen LogP contribution in [0.5, 0.6) is 0 Å². The summed E-state index contributed by atoms with van der Waals surface area (Å²) in [5.41, 5.74) is 6.77. The summed E-state index contributed by atoms with van der Waals surface area (Å²) in [5, 5.41) is 0. The molecule has 5 heteroatoms. The van der Waals surface area contributed by atoms with E-state index in [1.165, 1.54) is 16.8 Å². The molecule has 0 saturated carbocycles. The lowest BCUT2D eigenvalue weighted by Crippen LogP contribution is -2.51. The summed E-state index contributed by atoms with van der Waals surface area (Å²) in [4.78, 5) is 30.9. The van der Waals surface area contributed by atoms with Crippen molar-refractivity contribution < 1.29 is 9.59 Å². The minimum Gasteiger partial charge on any atom is -0.368 e. The van der Waals surface area contributed by atoms with Crippen LogP contribution in [-0.4, -0.2) is 47.2 Å². The van der Waals surface area contributed by atoms with E-state index in [0.29, 0.717) is 31.9 Å². The van der Waals surface area contributed by atoms with Crippen LogP contribution in [0.15, 0.2) is 79.0 Å². The van der Waals surface area contributed by atoms with E-state index in [0.717, 1.165) is 16.6 Å². The molecule has 166 valence electrons. The lowest BCUT2D eigenvalue weighted by atomic mass is 10.0. The summed E-state index contributed by atoms with van der Waals surface area (Å²) in [6.07, 6.45) is 1.85. The van der Waals surface area contributed by atoms with E-state index in [4.69, 9.17) is 0 Å². The minimum absolute atomic E-state index is 0.429. The summed E-state index contributed by atoms with van der Waals surface area (Å²) in [6, 6.07) is 23.8. The summed E-state index contributed by atoms with van der Waals surface area (Å²) < 4.78 is 1.83. The Morgan fingerprint density at radius 1 is 0.788 bits per heavy atom. The summed E-state index contributed by atoms with van der Waals surface area (Å²) >= 11 is 0. The summed E-state index contributed by atoms with van der Waals surface area (Å²) in [6.45, 7) is 6.73. The number of hydrogen-bond donors (Lipinski definition) is 0. The van der Waals surface area contributed by atoms with Crippen LogP contribution in [0.25, 0.3) is 16.6 Å². The highest BCUT2D eigenvalue weighted by Crippen LogP contribution is 2.29. The van der Waals surface area contributed by atoms with E-state index in [-0.39, 0.29) is 0 Å². The van der Waals surface area contributed by atoms with Crippen molar-refractivity contribution in [2.45, 2.75) is 13.8 Å². The smallest absolute Gasteiger partial charge is 0.296 e. The molecule has 0 N–H and O–H groups in total. The molecular formula is C28H27N3O2. The van der Waals surface area contributed by atoms with E-state index in [1.807, 2.05) is 65.2 Å². The number of piperazine rings is 1. The van der Waals surface area contributed by atoms with Crippen molar-refractivity contribution in [2.75, 3.05) is 31.1 Å². The number of aromatic nitrogens is 1. The van der Waals surface area contributed by atoms with Gasteiger partial charge in [0.15, 0.2) is 0 Å². The van der Waals surface area contributed by atoms with E-state index in [2.05, 4.69) is 36.9 Å². The quantitative estimate of drug-likeness (QED) is 0.342. The number of pyridine rings is 1. The number of hydrogen-bond acceptors (Lipinski definition) is 3. The molecule has 0 unspecified atom stereocenters. The maximum Gasteiger partial charge on any atom is 0.296 e. The van der Waals surface area contributed by atoms with Gasteiger partial charge >= 0.3 is 0 Å². The van der Waals surface area contributed by atoms with Gasteiger partial charge in [-0.15, -0.1) is 0 Å². The third-order valence-corrected chi connectivity index (χ3v) is 6.66. The molecule has 3 heterocycles. The van der Waals surface area contributed by atoms with Gasteiger partial charge in [0.1, 0.15) is 5.69 Å². The lowest BCUT2D eigenvalue weighted by Gasteiger charge is -2.36. The molecule has 1 aliphatic heterocycles. The van der Waals surface area contributed by atoms with E-state index in [1.54, 1.807) is 4.90 Å². The number of carbonyl (C=O) groups excluding carboxylic acids is 2. The Morgan fingerprint density at radius 2 is 1.52 bits per heavy atom. The van der Waals surface area contributed by atoms with Gasteiger partial charge in [0.2, 0.25) is 0 Å². The monoisotopic (exact) mass is 437 g/mol. The Bertz CT molecular complexity index is 1330. The van der Waals surface area contributed by atoms with Gasteiger partial charge in [-0.2, -0.15) is 0 Å². The predicted molar refractivity (Wildman–Crippen MR) is 132 cm³/mol. The van der Waals surface area contributed by atoms with Gasteiger partial charge in [0.25, 0.3) is 11.7 Å². The highest BCUT2D eigenvalue weighted by molar-refractivity contribution is 6.43. The van der Waals surface area contributed by atoms with Crippen molar-refractivity contribution in [3.05, 3.63) is 95.8 Å². The zero-order valence-electron chi connectivity index (χ0n) is 19.0. The fourth-order valence-corrected chi connectivity index (χ4v) is 4.67. The van der Waals surface area contributed by atoms with Gasteiger partial charge in [0.05, 0.1) is 0 Å². The standard InChI is InChI=1S/C28H27N3O2/c1-20-9-8-13-25(21(20)2)29-15-17-30(18-16-29)28(33)27(32)26-24(22-10-4-3-5-11-22)19-23-12-6-7-14-31(23)26/h3-14,19H,15-18H2,1-2H3. The van der Waals surface area contributed by atoms with Crippen molar-refractivity contribution in [1.29, 1.82) is 0 Å². The third kappa shape index (κ3) is 3.80. The van der Waals surface area contributed by atoms with Crippen molar-refractivity contribution in [3.63, 3.8) is 0 Å². The number of anilines is 1. The highest BCUT2D eigenvalue weighted by atomic mass is 16.2. The molecule has 2 aromatic heterocycles. The molecule has 1 saturated heterocycles. The van der Waals surface area contributed by atoms with Gasteiger partial charge in [0, 0.05) is 49.1 Å². The average Bonchev–Trinajstić information content (AvgIpc) is 3.25. The molecule has 2 aromatic carbocycles. The van der Waals surface area contributed by atoms with Crippen LogP contribution < -0.4 is 4.90 Å². The number of Topliss-reactive ketones (excluding diaryl/α,β-unsaturated/α-hetero) is 1. The number of aryl methyl sites for hydroxylation is 1. The van der Waals surface area contributed by atoms with E-state index >= 15 is 0 Å². The van der Waals surface area contributed by atoms with E-state index < -0.39 is 11.7 Å². The van der Waals surface area contributed by atoms with Crippen molar-refractivity contribution in [3.8, 4) is 11.1 Å². The van der Waals surface area contributed by atoms with Gasteiger partial charge in [-0.1, -0.05) is 48.5 Å². The van der Waals surface area contributed by atoms with Crippen LogP contribution in [0.3, 0.4) is 0 Å². The minimum atomic E-state index is -0.458. The van der Waals surface area contributed by atoms with Crippen LogP contribution in [-0.2, 0) is 4.79 Å². The predicted octanol–water partition coefficient (Wildman–Crippen LogP) is 4.75. The van der Waals surface area contributed by atoms with Crippen LogP contribution in [0, 0.1) is 13.8 Å². The molecule has 0 spiro atoms. The molecule has 1 amide bonds. The van der Waals surface area contributed by atoms with Crippen molar-refractivity contribution in [1.82, 2.24) is 9.30 Å². The lowest BCUT2D eigenvalue weighted by molar-refractivity contribution is -0.126. The van der Waals surface area contributed by atoms with Gasteiger partial charge in [-0.3, -0.25) is 9.59 Å². The van der Waals surface area contributed by atoms with Gasteiger partial charge in [-0.25, -0.2) is 0 Å². The first kappa shape index (κ1) is 21.0. The Morgan fingerprint density at radius 3 is 2.27 bits per heavy atom. The Balaban J connectivity index is 1.41. The number of rotatable bonds is 4. The maximum atomic E-state index is 13.5. The number of fused-ring (bicyclic) bond motifs is 1. The second kappa shape index (κ2) is 8.58. The summed E-state index contributed by atoms with van der Waals surface area (Å²) in [7, 11) is 0. The molecule has 1 aliphatic rings.